The lowest BCUT2D eigenvalue weighted by Gasteiger charge is -2.18. The molecule has 0 saturated carbocycles. The normalized spacial score (nSPS) is 11.0. The van der Waals surface area contributed by atoms with Crippen molar-refractivity contribution < 1.29 is 9.66 Å². The van der Waals surface area contributed by atoms with Gasteiger partial charge in [0, 0.05) is 18.3 Å². The lowest BCUT2D eigenvalue weighted by atomic mass is 10.2. The molecule has 0 spiro atoms. The molecule has 0 unspecified atom stereocenters. The first-order valence-corrected chi connectivity index (χ1v) is 10.2. The average molecular weight is 377 g/mol. The van der Waals surface area contributed by atoms with Crippen molar-refractivity contribution in [2.75, 3.05) is 12.8 Å². The van der Waals surface area contributed by atoms with E-state index in [1.165, 1.54) is 22.7 Å². The molecule has 0 saturated heterocycles. The van der Waals surface area contributed by atoms with Gasteiger partial charge in [0.25, 0.3) is 5.69 Å². The molecule has 3 aromatic rings. The number of hydrogen-bond donors (Lipinski definition) is 0. The minimum atomic E-state index is -0.467. The minimum Gasteiger partial charge on any atom is -0.501 e. The van der Waals surface area contributed by atoms with Crippen LogP contribution in [-0.4, -0.2) is 17.7 Å². The third-order valence-corrected chi connectivity index (χ3v) is 6.50. The monoisotopic (exact) mass is 377 g/mol. The Morgan fingerprint density at radius 1 is 0.852 bits per heavy atom. The summed E-state index contributed by atoms with van der Waals surface area (Å²) >= 11 is 0. The van der Waals surface area contributed by atoms with Gasteiger partial charge in [-0.05, 0) is 42.3 Å². The average Bonchev–Trinajstić information content (AvgIpc) is 2.72. The summed E-state index contributed by atoms with van der Waals surface area (Å²) < 4.78 is 5.69. The van der Waals surface area contributed by atoms with Crippen molar-refractivity contribution in [1.82, 2.24) is 0 Å². The molecule has 0 bridgehead atoms. The van der Waals surface area contributed by atoms with Crippen molar-refractivity contribution in [2.24, 2.45) is 0 Å². The van der Waals surface area contributed by atoms with Crippen LogP contribution in [0, 0.1) is 10.1 Å². The molecule has 4 nitrogen and oxygen atoms in total. The van der Waals surface area contributed by atoms with Gasteiger partial charge in [-0.1, -0.05) is 60.7 Å². The van der Waals surface area contributed by atoms with Crippen molar-refractivity contribution in [3.8, 4) is 0 Å². The highest BCUT2D eigenvalue weighted by molar-refractivity contribution is 7.73. The van der Waals surface area contributed by atoms with E-state index in [1.807, 2.05) is 18.2 Å². The molecule has 3 rings (SSSR count). The zero-order valence-electron chi connectivity index (χ0n) is 14.8. The van der Waals surface area contributed by atoms with Gasteiger partial charge in [-0.25, -0.2) is 0 Å². The van der Waals surface area contributed by atoms with E-state index in [-0.39, 0.29) is 5.69 Å². The predicted molar refractivity (Wildman–Crippen MR) is 112 cm³/mol. The Morgan fingerprint density at radius 3 is 1.93 bits per heavy atom. The van der Waals surface area contributed by atoms with Crippen LogP contribution in [0.3, 0.4) is 0 Å². The van der Waals surface area contributed by atoms with E-state index in [1.54, 1.807) is 18.4 Å². The summed E-state index contributed by atoms with van der Waals surface area (Å²) in [6.45, 7) is 0.610. The number of nitro groups is 1. The van der Waals surface area contributed by atoms with Gasteiger partial charge in [0.2, 0.25) is 0 Å². The molecule has 0 atom stereocenters. The van der Waals surface area contributed by atoms with Crippen LogP contribution in [0.15, 0.2) is 91.2 Å². The molecular formula is C22H20NO3P. The maximum atomic E-state index is 10.7. The third-order valence-electron chi connectivity index (χ3n) is 4.03. The summed E-state index contributed by atoms with van der Waals surface area (Å²) in [5.41, 5.74) is 0.957. The van der Waals surface area contributed by atoms with Crippen LogP contribution in [-0.2, 0) is 4.74 Å². The van der Waals surface area contributed by atoms with Crippen molar-refractivity contribution in [3.63, 3.8) is 0 Å². The maximum Gasteiger partial charge on any atom is 0.269 e. The summed E-state index contributed by atoms with van der Waals surface area (Å²) in [7, 11) is -0.467. The highest BCUT2D eigenvalue weighted by Gasteiger charge is 2.12. The van der Waals surface area contributed by atoms with E-state index < -0.39 is 12.8 Å². The molecule has 136 valence electrons. The Kier molecular flexibility index (Phi) is 6.72. The number of nitro benzene ring substituents is 1. The zero-order chi connectivity index (χ0) is 18.9. The second-order valence-corrected chi connectivity index (χ2v) is 8.18. The molecule has 0 aliphatic rings. The van der Waals surface area contributed by atoms with Crippen LogP contribution >= 0.6 is 7.92 Å². The van der Waals surface area contributed by atoms with Gasteiger partial charge in [0.1, 0.15) is 0 Å². The molecule has 0 aliphatic heterocycles. The molecule has 0 amide bonds. The fraction of sp³-hybridized carbons (Fsp3) is 0.0909. The second-order valence-electron chi connectivity index (χ2n) is 5.84. The Balaban J connectivity index is 1.59. The molecule has 0 heterocycles. The van der Waals surface area contributed by atoms with E-state index in [2.05, 4.69) is 48.5 Å². The SMILES string of the molecule is O=[N+]([O-])c1ccc(/C=C/OCCP(c2ccccc2)c2ccccc2)cc1. The van der Waals surface area contributed by atoms with E-state index in [0.29, 0.717) is 6.61 Å². The lowest BCUT2D eigenvalue weighted by Crippen LogP contribution is -2.15. The first-order valence-electron chi connectivity index (χ1n) is 8.64. The van der Waals surface area contributed by atoms with Crippen LogP contribution < -0.4 is 10.6 Å². The predicted octanol–water partition coefficient (Wildman–Crippen LogP) is 4.72. The van der Waals surface area contributed by atoms with E-state index in [9.17, 15) is 10.1 Å². The van der Waals surface area contributed by atoms with Crippen LogP contribution in [0.1, 0.15) is 5.56 Å². The van der Waals surface area contributed by atoms with Gasteiger partial charge in [0.15, 0.2) is 0 Å². The first-order chi connectivity index (χ1) is 13.2. The van der Waals surface area contributed by atoms with Crippen LogP contribution in [0.2, 0.25) is 0 Å². The summed E-state index contributed by atoms with van der Waals surface area (Å²) in [4.78, 5) is 10.3. The molecule has 27 heavy (non-hydrogen) atoms. The second kappa shape index (κ2) is 9.65. The van der Waals surface area contributed by atoms with E-state index in [4.69, 9.17) is 4.74 Å². The standard InChI is InChI=1S/C22H20NO3P/c24-23(25)20-13-11-19(12-14-20)15-16-26-17-18-27(21-7-3-1-4-8-21)22-9-5-2-6-10-22/h1-16H,17-18H2/b16-15+. The number of hydrogen-bond acceptors (Lipinski definition) is 3. The third kappa shape index (κ3) is 5.50. The molecular weight excluding hydrogens is 357 g/mol. The molecule has 0 fully saturated rings. The zero-order valence-corrected chi connectivity index (χ0v) is 15.7. The Morgan fingerprint density at radius 2 is 1.41 bits per heavy atom. The summed E-state index contributed by atoms with van der Waals surface area (Å²) in [5, 5.41) is 13.3. The maximum absolute atomic E-state index is 10.7. The molecule has 0 N–H and O–H groups in total. The van der Waals surface area contributed by atoms with Gasteiger partial charge in [-0.2, -0.15) is 0 Å². The van der Waals surface area contributed by atoms with Crippen molar-refractivity contribution in [3.05, 3.63) is 107 Å². The van der Waals surface area contributed by atoms with Gasteiger partial charge in [0.05, 0.1) is 17.8 Å². The number of rotatable bonds is 8. The summed E-state index contributed by atoms with van der Waals surface area (Å²) in [5.74, 6) is 0. The molecule has 0 radical (unpaired) electrons. The van der Waals surface area contributed by atoms with Crippen LogP contribution in [0.4, 0.5) is 5.69 Å². The summed E-state index contributed by atoms with van der Waals surface area (Å²) in [6.07, 6.45) is 4.40. The van der Waals surface area contributed by atoms with Crippen LogP contribution in [0.25, 0.3) is 6.08 Å². The Bertz CT molecular complexity index is 841. The number of non-ortho nitro benzene ring substituents is 1. The van der Waals surface area contributed by atoms with Crippen molar-refractivity contribution in [1.29, 1.82) is 0 Å². The highest BCUT2D eigenvalue weighted by atomic mass is 31.1. The van der Waals surface area contributed by atoms with Crippen LogP contribution in [0.5, 0.6) is 0 Å². The molecule has 5 heteroatoms. The minimum absolute atomic E-state index is 0.0874. The lowest BCUT2D eigenvalue weighted by molar-refractivity contribution is -0.384. The quantitative estimate of drug-likeness (QED) is 0.188. The number of benzene rings is 3. The van der Waals surface area contributed by atoms with Gasteiger partial charge < -0.3 is 4.74 Å². The number of nitrogens with zero attached hydrogens (tertiary/aromatic N) is 1. The largest absolute Gasteiger partial charge is 0.501 e. The smallest absolute Gasteiger partial charge is 0.269 e. The molecule has 0 aromatic heterocycles. The van der Waals surface area contributed by atoms with Crippen molar-refractivity contribution in [2.45, 2.75) is 0 Å². The number of ether oxygens (including phenoxy) is 1. The van der Waals surface area contributed by atoms with Crippen molar-refractivity contribution >= 4 is 30.3 Å². The topological polar surface area (TPSA) is 52.4 Å². The van der Waals surface area contributed by atoms with E-state index >= 15 is 0 Å². The Labute approximate surface area is 160 Å². The van der Waals surface area contributed by atoms with E-state index in [0.717, 1.165) is 11.7 Å². The fourth-order valence-corrected chi connectivity index (χ4v) is 4.84. The highest BCUT2D eigenvalue weighted by Crippen LogP contribution is 2.32. The fourth-order valence-electron chi connectivity index (χ4n) is 2.67. The Hall–Kier alpha value is -2.97. The summed E-state index contributed by atoms with van der Waals surface area (Å²) in [6, 6.07) is 27.4. The first kappa shape index (κ1) is 18.8. The van der Waals surface area contributed by atoms with Gasteiger partial charge in [-0.15, -0.1) is 0 Å². The van der Waals surface area contributed by atoms with Gasteiger partial charge in [-0.3, -0.25) is 10.1 Å². The molecule has 0 aliphatic carbocycles. The van der Waals surface area contributed by atoms with Gasteiger partial charge >= 0.3 is 0 Å². The molecule has 3 aromatic carbocycles.